The Balaban J connectivity index is 1.28. The number of aromatic nitrogens is 7. The van der Waals surface area contributed by atoms with Crippen molar-refractivity contribution in [2.75, 3.05) is 20.2 Å². The third-order valence-corrected chi connectivity index (χ3v) is 7.27. The van der Waals surface area contributed by atoms with Gasteiger partial charge in [-0.25, -0.2) is 19.4 Å². The van der Waals surface area contributed by atoms with Crippen molar-refractivity contribution in [2.24, 2.45) is 0 Å². The Labute approximate surface area is 238 Å². The lowest BCUT2D eigenvalue weighted by Crippen LogP contribution is -2.40. The standard InChI is InChI=1S/C29H26N8O5/c1-16-32-15-37(35-16)27-25-24(22(42-2)14-31-27)19(13-30-25)26(38)28(39)36-10-8-18(9-11-36)23(17-6-4-3-5-7-17)20-12-21(29(40)41)34-33-20/h3-7,12-15,30H,8-11H2,1-2H3,(H,33,34)(H,40,41). The number of hydrogen-bond donors (Lipinski definition) is 3. The summed E-state index contributed by atoms with van der Waals surface area (Å²) in [5.74, 6) is -1.06. The molecule has 3 N–H and O–H groups in total. The molecule has 0 spiro atoms. The highest BCUT2D eigenvalue weighted by atomic mass is 16.5. The molecule has 0 saturated carbocycles. The first-order valence-corrected chi connectivity index (χ1v) is 13.2. The van der Waals surface area contributed by atoms with Crippen LogP contribution in [0.25, 0.3) is 22.3 Å². The van der Waals surface area contributed by atoms with Crippen molar-refractivity contribution >= 4 is 34.1 Å². The van der Waals surface area contributed by atoms with E-state index in [0.29, 0.717) is 59.9 Å². The maximum Gasteiger partial charge on any atom is 0.353 e. The lowest BCUT2D eigenvalue weighted by Gasteiger charge is -2.29. The second-order valence-corrected chi connectivity index (χ2v) is 9.78. The summed E-state index contributed by atoms with van der Waals surface area (Å²) in [4.78, 5) is 51.6. The molecule has 0 aliphatic carbocycles. The smallest absolute Gasteiger partial charge is 0.353 e. The highest BCUT2D eigenvalue weighted by molar-refractivity contribution is 6.45. The van der Waals surface area contributed by atoms with E-state index >= 15 is 0 Å². The average molecular weight is 567 g/mol. The van der Waals surface area contributed by atoms with Crippen molar-refractivity contribution in [1.82, 2.24) is 39.8 Å². The molecule has 5 heterocycles. The molecule has 13 nitrogen and oxygen atoms in total. The number of carboxylic acids is 1. The maximum absolute atomic E-state index is 13.6. The Morgan fingerprint density at radius 1 is 1.07 bits per heavy atom. The minimum absolute atomic E-state index is 0.0105. The highest BCUT2D eigenvalue weighted by Gasteiger charge is 2.31. The van der Waals surface area contributed by atoms with Crippen molar-refractivity contribution < 1.29 is 24.2 Å². The maximum atomic E-state index is 13.6. The van der Waals surface area contributed by atoms with Crippen LogP contribution in [0, 0.1) is 6.92 Å². The minimum Gasteiger partial charge on any atom is -0.494 e. The van der Waals surface area contributed by atoms with Crippen LogP contribution in [0.4, 0.5) is 0 Å². The number of Topliss-reactive ketones (excluding diaryl/α,β-unsaturated/α-hetero) is 1. The van der Waals surface area contributed by atoms with Gasteiger partial charge in [-0.05, 0) is 31.4 Å². The number of ether oxygens (including phenoxy) is 1. The Morgan fingerprint density at radius 2 is 1.83 bits per heavy atom. The Morgan fingerprint density at radius 3 is 2.48 bits per heavy atom. The van der Waals surface area contributed by atoms with Gasteiger partial charge >= 0.3 is 5.97 Å². The number of pyridine rings is 1. The number of fused-ring (bicyclic) bond motifs is 1. The molecule has 1 aromatic carbocycles. The van der Waals surface area contributed by atoms with E-state index in [1.807, 2.05) is 30.3 Å². The Bertz CT molecular complexity index is 1860. The van der Waals surface area contributed by atoms with Crippen LogP contribution in [0.3, 0.4) is 0 Å². The number of ketones is 1. The number of aromatic amines is 2. The number of hydrogen-bond acceptors (Lipinski definition) is 8. The van der Waals surface area contributed by atoms with Crippen LogP contribution >= 0.6 is 0 Å². The Kier molecular flexibility index (Phi) is 6.82. The molecular weight excluding hydrogens is 540 g/mol. The predicted octanol–water partition coefficient (Wildman–Crippen LogP) is 3.19. The van der Waals surface area contributed by atoms with Crippen molar-refractivity contribution in [3.05, 3.63) is 89.0 Å². The van der Waals surface area contributed by atoms with Gasteiger partial charge in [-0.1, -0.05) is 35.9 Å². The second kappa shape index (κ2) is 10.8. The number of aryl methyl sites for hydroxylation is 1. The molecule has 1 amide bonds. The molecule has 1 saturated heterocycles. The van der Waals surface area contributed by atoms with Crippen molar-refractivity contribution in [3.8, 4) is 11.6 Å². The molecule has 0 bridgehead atoms. The predicted molar refractivity (Wildman–Crippen MR) is 150 cm³/mol. The lowest BCUT2D eigenvalue weighted by atomic mass is 9.90. The highest BCUT2D eigenvalue weighted by Crippen LogP contribution is 2.34. The van der Waals surface area contributed by atoms with Crippen LogP contribution in [0.5, 0.6) is 5.75 Å². The molecule has 5 aromatic rings. The third-order valence-electron chi connectivity index (χ3n) is 7.27. The first-order chi connectivity index (χ1) is 20.4. The molecule has 42 heavy (non-hydrogen) atoms. The summed E-state index contributed by atoms with van der Waals surface area (Å²) in [6, 6.07) is 11.1. The molecule has 4 aromatic heterocycles. The van der Waals surface area contributed by atoms with E-state index in [1.165, 1.54) is 41.5 Å². The molecule has 0 atom stereocenters. The van der Waals surface area contributed by atoms with Crippen LogP contribution in [0.2, 0.25) is 0 Å². The number of likely N-dealkylation sites (tertiary alicyclic amines) is 1. The fraction of sp³-hybridized carbons (Fsp3) is 0.207. The summed E-state index contributed by atoms with van der Waals surface area (Å²) >= 11 is 0. The van der Waals surface area contributed by atoms with E-state index in [0.717, 1.165) is 16.7 Å². The normalized spacial score (nSPS) is 13.4. The average Bonchev–Trinajstić information content (AvgIpc) is 3.77. The van der Waals surface area contributed by atoms with Gasteiger partial charge in [-0.3, -0.25) is 14.7 Å². The van der Waals surface area contributed by atoms with Gasteiger partial charge < -0.3 is 19.7 Å². The van der Waals surface area contributed by atoms with Gasteiger partial charge in [0.1, 0.15) is 23.6 Å². The summed E-state index contributed by atoms with van der Waals surface area (Å²) in [5.41, 5.74) is 3.91. The summed E-state index contributed by atoms with van der Waals surface area (Å²) in [5, 5.41) is 20.9. The zero-order chi connectivity index (χ0) is 29.4. The number of nitrogens with one attached hydrogen (secondary N) is 2. The van der Waals surface area contributed by atoms with Crippen LogP contribution in [0.15, 0.2) is 60.7 Å². The number of nitrogens with zero attached hydrogens (tertiary/aromatic N) is 6. The first-order valence-electron chi connectivity index (χ1n) is 13.2. The van der Waals surface area contributed by atoms with Gasteiger partial charge in [0, 0.05) is 24.9 Å². The van der Waals surface area contributed by atoms with Gasteiger partial charge in [0.2, 0.25) is 0 Å². The van der Waals surface area contributed by atoms with Crippen molar-refractivity contribution in [3.63, 3.8) is 0 Å². The number of H-pyrrole nitrogens is 2. The number of carboxylic acid groups (broad SMARTS) is 1. The molecule has 13 heteroatoms. The molecular formula is C29H26N8O5. The molecule has 6 rings (SSSR count). The number of amides is 1. The number of benzene rings is 1. The number of rotatable bonds is 7. The van der Waals surface area contributed by atoms with E-state index < -0.39 is 17.7 Å². The second-order valence-electron chi connectivity index (χ2n) is 9.78. The molecule has 212 valence electrons. The lowest BCUT2D eigenvalue weighted by molar-refractivity contribution is -0.126. The Hall–Kier alpha value is -5.59. The number of methoxy groups -OCH3 is 1. The van der Waals surface area contributed by atoms with Gasteiger partial charge in [-0.2, -0.15) is 10.2 Å². The summed E-state index contributed by atoms with van der Waals surface area (Å²) in [6.07, 6.45) is 5.48. The van der Waals surface area contributed by atoms with Gasteiger partial charge in [-0.15, -0.1) is 0 Å². The van der Waals surface area contributed by atoms with Gasteiger partial charge in [0.05, 0.1) is 35.5 Å². The largest absolute Gasteiger partial charge is 0.494 e. The van der Waals surface area contributed by atoms with Crippen LogP contribution < -0.4 is 4.74 Å². The van der Waals surface area contributed by atoms with Crippen molar-refractivity contribution in [1.29, 1.82) is 0 Å². The summed E-state index contributed by atoms with van der Waals surface area (Å²) in [7, 11) is 1.47. The number of carbonyl (C=O) groups is 3. The topological polar surface area (TPSA) is 172 Å². The monoisotopic (exact) mass is 566 g/mol. The van der Waals surface area contributed by atoms with E-state index in [1.54, 1.807) is 6.92 Å². The zero-order valence-electron chi connectivity index (χ0n) is 22.8. The van der Waals surface area contributed by atoms with E-state index in [2.05, 4.69) is 30.2 Å². The third kappa shape index (κ3) is 4.70. The molecule has 1 aliphatic rings. The number of piperidine rings is 1. The van der Waals surface area contributed by atoms with E-state index in [-0.39, 0.29) is 11.3 Å². The zero-order valence-corrected chi connectivity index (χ0v) is 22.8. The molecule has 1 fully saturated rings. The molecule has 1 aliphatic heterocycles. The fourth-order valence-corrected chi connectivity index (χ4v) is 5.25. The van der Waals surface area contributed by atoms with Crippen LogP contribution in [0.1, 0.15) is 50.8 Å². The first kappa shape index (κ1) is 26.6. The fourth-order valence-electron chi connectivity index (χ4n) is 5.25. The summed E-state index contributed by atoms with van der Waals surface area (Å²) < 4.78 is 6.97. The van der Waals surface area contributed by atoms with Crippen molar-refractivity contribution in [2.45, 2.75) is 19.8 Å². The number of carbonyl (C=O) groups excluding carboxylic acids is 2. The molecule has 0 unspecified atom stereocenters. The van der Waals surface area contributed by atoms with Gasteiger partial charge in [0.25, 0.3) is 11.7 Å². The van der Waals surface area contributed by atoms with E-state index in [9.17, 15) is 19.5 Å². The van der Waals surface area contributed by atoms with Crippen LogP contribution in [-0.2, 0) is 4.79 Å². The van der Waals surface area contributed by atoms with Gasteiger partial charge in [0.15, 0.2) is 5.82 Å². The SMILES string of the molecule is COc1cnc(-n2cnc(C)n2)c2[nH]cc(C(=O)C(=O)N3CCC(=C(c4ccccc4)c4cc(C(=O)O)[nH]n4)CC3)c12. The number of aromatic carboxylic acids is 1. The van der Waals surface area contributed by atoms with Crippen LogP contribution in [-0.4, -0.2) is 82.8 Å². The molecule has 0 radical (unpaired) electrons. The minimum atomic E-state index is -1.10. The summed E-state index contributed by atoms with van der Waals surface area (Å²) in [6.45, 7) is 2.39. The van der Waals surface area contributed by atoms with E-state index in [4.69, 9.17) is 4.74 Å². The quantitative estimate of drug-likeness (QED) is 0.198.